The number of nitriles is 1. The predicted molar refractivity (Wildman–Crippen MR) is 83.3 cm³/mol. The average Bonchev–Trinajstić information content (AvgIpc) is 3.03. The lowest BCUT2D eigenvalue weighted by Crippen LogP contribution is -2.36. The van der Waals surface area contributed by atoms with Crippen LogP contribution in [0, 0.1) is 11.3 Å². The number of aryl methyl sites for hydroxylation is 1. The molecule has 3 N–H and O–H groups in total. The lowest BCUT2D eigenvalue weighted by Gasteiger charge is -2.32. The maximum Gasteiger partial charge on any atom is 0.227 e. The van der Waals surface area contributed by atoms with Crippen LogP contribution in [0.1, 0.15) is 42.5 Å². The Kier molecular flexibility index (Phi) is 3.92. The van der Waals surface area contributed by atoms with Gasteiger partial charge in [-0.3, -0.25) is 5.10 Å². The molecule has 1 unspecified atom stereocenters. The predicted octanol–water partition coefficient (Wildman–Crippen LogP) is 1.60. The molecular formula is C15H19N7. The normalized spacial score (nSPS) is 18.2. The van der Waals surface area contributed by atoms with E-state index in [0.29, 0.717) is 17.4 Å². The number of rotatable bonds is 3. The molecule has 1 aliphatic rings. The minimum absolute atomic E-state index is 0.241. The van der Waals surface area contributed by atoms with Crippen molar-refractivity contribution in [2.45, 2.75) is 32.1 Å². The second-order valence-electron chi connectivity index (χ2n) is 5.53. The van der Waals surface area contributed by atoms with Crippen LogP contribution in [0.3, 0.4) is 0 Å². The quantitative estimate of drug-likeness (QED) is 0.891. The summed E-state index contributed by atoms with van der Waals surface area (Å²) in [5, 5.41) is 16.2. The van der Waals surface area contributed by atoms with Gasteiger partial charge in [0.15, 0.2) is 0 Å². The highest BCUT2D eigenvalue weighted by Crippen LogP contribution is 2.29. The summed E-state index contributed by atoms with van der Waals surface area (Å²) in [6, 6.07) is 1.99. The molecule has 22 heavy (non-hydrogen) atoms. The summed E-state index contributed by atoms with van der Waals surface area (Å²) in [5.41, 5.74) is 8.60. The second-order valence-corrected chi connectivity index (χ2v) is 5.53. The highest BCUT2D eigenvalue weighted by molar-refractivity contribution is 5.50. The Morgan fingerprint density at radius 2 is 2.36 bits per heavy atom. The van der Waals surface area contributed by atoms with Crippen molar-refractivity contribution in [3.8, 4) is 6.07 Å². The van der Waals surface area contributed by atoms with Gasteiger partial charge < -0.3 is 10.6 Å². The Bertz CT molecular complexity index is 700. The van der Waals surface area contributed by atoms with Crippen LogP contribution in [0.2, 0.25) is 0 Å². The molecule has 1 saturated heterocycles. The van der Waals surface area contributed by atoms with Gasteiger partial charge in [-0.25, -0.2) is 4.98 Å². The van der Waals surface area contributed by atoms with Crippen LogP contribution in [0.15, 0.2) is 12.4 Å². The van der Waals surface area contributed by atoms with Crippen LogP contribution in [-0.4, -0.2) is 33.3 Å². The van der Waals surface area contributed by atoms with Gasteiger partial charge in [-0.15, -0.1) is 0 Å². The Labute approximate surface area is 129 Å². The number of nitrogens with one attached hydrogen (secondary N) is 1. The summed E-state index contributed by atoms with van der Waals surface area (Å²) in [5.74, 6) is 1.23. The summed E-state index contributed by atoms with van der Waals surface area (Å²) >= 11 is 0. The molecule has 0 spiro atoms. The van der Waals surface area contributed by atoms with Crippen molar-refractivity contribution in [3.05, 3.63) is 29.2 Å². The fraction of sp³-hybridized carbons (Fsp3) is 0.467. The number of H-pyrrole nitrogens is 1. The van der Waals surface area contributed by atoms with E-state index in [1.165, 1.54) is 17.5 Å². The first-order chi connectivity index (χ1) is 10.7. The molecule has 114 valence electrons. The van der Waals surface area contributed by atoms with Crippen molar-refractivity contribution >= 4 is 11.8 Å². The Hall–Kier alpha value is -2.62. The minimum atomic E-state index is 0.241. The van der Waals surface area contributed by atoms with Gasteiger partial charge in [0.25, 0.3) is 0 Å². The van der Waals surface area contributed by atoms with E-state index in [4.69, 9.17) is 11.0 Å². The molecule has 0 bridgehead atoms. The van der Waals surface area contributed by atoms with E-state index in [-0.39, 0.29) is 5.82 Å². The lowest BCUT2D eigenvalue weighted by molar-refractivity contribution is 0.492. The smallest absolute Gasteiger partial charge is 0.227 e. The summed E-state index contributed by atoms with van der Waals surface area (Å²) in [7, 11) is 0. The summed E-state index contributed by atoms with van der Waals surface area (Å²) in [6.45, 7) is 3.87. The third-order valence-electron chi connectivity index (χ3n) is 4.17. The average molecular weight is 297 g/mol. The number of aromatic amines is 1. The van der Waals surface area contributed by atoms with E-state index < -0.39 is 0 Å². The first-order valence-electron chi connectivity index (χ1n) is 7.52. The summed E-state index contributed by atoms with van der Waals surface area (Å²) < 4.78 is 0. The molecule has 0 amide bonds. The fourth-order valence-electron chi connectivity index (χ4n) is 2.97. The Morgan fingerprint density at radius 1 is 1.50 bits per heavy atom. The number of anilines is 2. The first-order valence-corrected chi connectivity index (χ1v) is 7.52. The van der Waals surface area contributed by atoms with Crippen LogP contribution in [0.25, 0.3) is 0 Å². The fourth-order valence-corrected chi connectivity index (χ4v) is 2.97. The topological polar surface area (TPSA) is 108 Å². The third-order valence-corrected chi connectivity index (χ3v) is 4.17. The minimum Gasteiger partial charge on any atom is -0.382 e. The van der Waals surface area contributed by atoms with Gasteiger partial charge in [0.05, 0.1) is 12.4 Å². The largest absolute Gasteiger partial charge is 0.382 e. The van der Waals surface area contributed by atoms with E-state index in [1.807, 2.05) is 12.3 Å². The van der Waals surface area contributed by atoms with Crippen molar-refractivity contribution in [2.24, 2.45) is 0 Å². The molecule has 7 nitrogen and oxygen atoms in total. The van der Waals surface area contributed by atoms with Crippen LogP contribution >= 0.6 is 0 Å². The van der Waals surface area contributed by atoms with Crippen molar-refractivity contribution in [1.29, 1.82) is 5.26 Å². The lowest BCUT2D eigenvalue weighted by atomic mass is 9.92. The summed E-state index contributed by atoms with van der Waals surface area (Å²) in [6.07, 6.45) is 6.57. The van der Waals surface area contributed by atoms with Crippen molar-refractivity contribution < 1.29 is 0 Å². The maximum absolute atomic E-state index is 8.91. The van der Waals surface area contributed by atoms with E-state index in [0.717, 1.165) is 32.4 Å². The molecule has 0 saturated carbocycles. The van der Waals surface area contributed by atoms with Gasteiger partial charge in [-0.1, -0.05) is 6.92 Å². The van der Waals surface area contributed by atoms with E-state index in [9.17, 15) is 0 Å². The number of nitrogens with two attached hydrogens (primary N) is 1. The molecule has 2 aromatic heterocycles. The molecule has 0 aliphatic carbocycles. The van der Waals surface area contributed by atoms with Gasteiger partial charge in [0.1, 0.15) is 17.5 Å². The molecule has 7 heteroatoms. The Balaban J connectivity index is 1.81. The molecule has 0 radical (unpaired) electrons. The summed E-state index contributed by atoms with van der Waals surface area (Å²) in [4.78, 5) is 10.7. The molecule has 2 aromatic rings. The maximum atomic E-state index is 8.91. The van der Waals surface area contributed by atoms with Gasteiger partial charge in [-0.2, -0.15) is 15.3 Å². The van der Waals surface area contributed by atoms with Crippen molar-refractivity contribution in [3.63, 3.8) is 0 Å². The van der Waals surface area contributed by atoms with Crippen LogP contribution in [0.5, 0.6) is 0 Å². The van der Waals surface area contributed by atoms with Gasteiger partial charge in [0, 0.05) is 24.7 Å². The highest BCUT2D eigenvalue weighted by atomic mass is 15.3. The standard InChI is InChI=1S/C15H19N7/c1-2-10-8-19-21-13(10)11-4-3-5-22(9-11)15-18-7-12(6-16)14(17)20-15/h7-8,11H,2-5,9H2,1H3,(H,19,21)(H2,17,18,20). The van der Waals surface area contributed by atoms with Crippen molar-refractivity contribution in [1.82, 2.24) is 20.2 Å². The zero-order valence-electron chi connectivity index (χ0n) is 12.6. The highest BCUT2D eigenvalue weighted by Gasteiger charge is 2.26. The number of hydrogen-bond donors (Lipinski definition) is 2. The number of aromatic nitrogens is 4. The number of nitrogens with zero attached hydrogens (tertiary/aromatic N) is 5. The van der Waals surface area contributed by atoms with E-state index in [2.05, 4.69) is 32.0 Å². The van der Waals surface area contributed by atoms with Crippen molar-refractivity contribution in [2.75, 3.05) is 23.7 Å². The van der Waals surface area contributed by atoms with Gasteiger partial charge in [-0.05, 0) is 24.8 Å². The van der Waals surface area contributed by atoms with Crippen LogP contribution in [-0.2, 0) is 6.42 Å². The Morgan fingerprint density at radius 3 is 3.09 bits per heavy atom. The SMILES string of the molecule is CCc1cn[nH]c1C1CCCN(c2ncc(C#N)c(N)n2)C1. The molecule has 1 atom stereocenters. The van der Waals surface area contributed by atoms with E-state index in [1.54, 1.807) is 0 Å². The first kappa shape index (κ1) is 14.3. The zero-order chi connectivity index (χ0) is 15.5. The number of hydrogen-bond acceptors (Lipinski definition) is 6. The third kappa shape index (κ3) is 2.60. The van der Waals surface area contributed by atoms with Gasteiger partial charge in [0.2, 0.25) is 5.95 Å². The molecule has 3 rings (SSSR count). The molecule has 3 heterocycles. The van der Waals surface area contributed by atoms with Crippen LogP contribution in [0.4, 0.5) is 11.8 Å². The molecule has 1 aliphatic heterocycles. The van der Waals surface area contributed by atoms with Crippen LogP contribution < -0.4 is 10.6 Å². The molecule has 0 aromatic carbocycles. The van der Waals surface area contributed by atoms with E-state index >= 15 is 0 Å². The zero-order valence-corrected chi connectivity index (χ0v) is 12.6. The number of piperidine rings is 1. The molecular weight excluding hydrogens is 278 g/mol. The second kappa shape index (κ2) is 6.02. The monoisotopic (exact) mass is 297 g/mol. The van der Waals surface area contributed by atoms with Gasteiger partial charge >= 0.3 is 0 Å². The molecule has 1 fully saturated rings. The number of nitrogen functional groups attached to an aromatic ring is 1.